The molecule has 2 N–H and O–H groups in total. The van der Waals surface area contributed by atoms with Crippen molar-refractivity contribution in [1.82, 2.24) is 0 Å². The number of rotatable bonds is 3. The van der Waals surface area contributed by atoms with Gasteiger partial charge in [-0.2, -0.15) is 0 Å². The Morgan fingerprint density at radius 2 is 1.64 bits per heavy atom. The molecule has 0 aliphatic rings. The van der Waals surface area contributed by atoms with Crippen LogP contribution in [0.25, 0.3) is 0 Å². The van der Waals surface area contributed by atoms with Crippen molar-refractivity contribution in [3.8, 4) is 0 Å². The first-order chi connectivity index (χ1) is 4.72. The van der Waals surface area contributed by atoms with Gasteiger partial charge in [0.1, 0.15) is 0 Å². The Kier molecular flexibility index (Phi) is 2.60. The molecule has 0 saturated carbocycles. The molecule has 0 aromatic rings. The van der Waals surface area contributed by atoms with E-state index in [1.165, 1.54) is 0 Å². The number of sulfone groups is 1. The Morgan fingerprint density at radius 3 is 1.73 bits per heavy atom. The number of hydrogen-bond donors (Lipinski definition) is 1. The molecule has 0 aliphatic heterocycles. The highest BCUT2D eigenvalue weighted by molar-refractivity contribution is 8.14. The molecule has 11 heavy (non-hydrogen) atoms. The second-order valence-corrected chi connectivity index (χ2v) is 5.39. The van der Waals surface area contributed by atoms with E-state index in [-0.39, 0.29) is 0 Å². The molecule has 0 aromatic carbocycles. The number of primary sulfonamides is 1. The van der Waals surface area contributed by atoms with Gasteiger partial charge < -0.3 is 0 Å². The van der Waals surface area contributed by atoms with E-state index in [0.29, 0.717) is 5.41 Å². The standard InChI is InChI=1S/C4H7NO4S2/c1-3-10(6,7)4(2)11(5,8)9/h3H,1-2H2,(H2,5,8,9). The molecule has 0 fully saturated rings. The van der Waals surface area contributed by atoms with E-state index in [1.807, 2.05) is 0 Å². The molecule has 0 unspecified atom stereocenters. The van der Waals surface area contributed by atoms with Crippen molar-refractivity contribution in [2.75, 3.05) is 0 Å². The van der Waals surface area contributed by atoms with Gasteiger partial charge in [0, 0.05) is 5.41 Å². The van der Waals surface area contributed by atoms with Crippen LogP contribution in [0.3, 0.4) is 0 Å². The predicted octanol–water partition coefficient (Wildman–Crippen LogP) is -0.696. The maximum Gasteiger partial charge on any atom is 0.248 e. The van der Waals surface area contributed by atoms with Gasteiger partial charge >= 0.3 is 0 Å². The first-order valence-electron chi connectivity index (χ1n) is 2.31. The zero-order valence-electron chi connectivity index (χ0n) is 5.52. The van der Waals surface area contributed by atoms with E-state index in [1.54, 1.807) is 0 Å². The van der Waals surface area contributed by atoms with Crippen LogP contribution < -0.4 is 5.14 Å². The SMILES string of the molecule is C=CS(=O)(=O)C(=C)S(N)(=O)=O. The second-order valence-electron chi connectivity index (χ2n) is 1.63. The lowest BCUT2D eigenvalue weighted by molar-refractivity contribution is 0.600. The Morgan fingerprint density at radius 1 is 1.27 bits per heavy atom. The first kappa shape index (κ1) is 10.3. The summed E-state index contributed by atoms with van der Waals surface area (Å²) >= 11 is 0. The topological polar surface area (TPSA) is 94.3 Å². The highest BCUT2D eigenvalue weighted by Crippen LogP contribution is 2.09. The fourth-order valence-electron chi connectivity index (χ4n) is 0.255. The minimum absolute atomic E-state index is 0.472. The van der Waals surface area contributed by atoms with E-state index in [9.17, 15) is 16.8 Å². The quantitative estimate of drug-likeness (QED) is 0.647. The third-order valence-electron chi connectivity index (χ3n) is 0.854. The second kappa shape index (κ2) is 2.76. The zero-order chi connectivity index (χ0) is 9.28. The third-order valence-corrected chi connectivity index (χ3v) is 3.96. The van der Waals surface area contributed by atoms with E-state index >= 15 is 0 Å². The molecule has 0 heterocycles. The number of nitrogens with two attached hydrogens (primary N) is 1. The molecule has 0 aromatic heterocycles. The van der Waals surface area contributed by atoms with Crippen LogP contribution in [-0.2, 0) is 19.9 Å². The normalized spacial score (nSPS) is 12.5. The minimum atomic E-state index is -4.23. The fraction of sp³-hybridized carbons (Fsp3) is 0. The Hall–Kier alpha value is -0.660. The van der Waals surface area contributed by atoms with Crippen molar-refractivity contribution in [3.05, 3.63) is 22.8 Å². The van der Waals surface area contributed by atoms with Crippen LogP contribution in [0.2, 0.25) is 0 Å². The van der Waals surface area contributed by atoms with Gasteiger partial charge in [0.2, 0.25) is 19.9 Å². The molecule has 0 spiro atoms. The van der Waals surface area contributed by atoms with Gasteiger partial charge in [-0.1, -0.05) is 13.2 Å². The smallest absolute Gasteiger partial charge is 0.224 e. The highest BCUT2D eigenvalue weighted by Gasteiger charge is 2.21. The van der Waals surface area contributed by atoms with Crippen molar-refractivity contribution in [3.63, 3.8) is 0 Å². The maximum absolute atomic E-state index is 10.7. The number of hydrogen-bond acceptors (Lipinski definition) is 4. The Balaban J connectivity index is 5.31. The first-order valence-corrected chi connectivity index (χ1v) is 5.40. The molecule has 0 atom stereocenters. The molecule has 0 rings (SSSR count). The number of sulfonamides is 1. The molecule has 0 radical (unpaired) electrons. The van der Waals surface area contributed by atoms with Crippen LogP contribution in [0.5, 0.6) is 0 Å². The molecule has 5 nitrogen and oxygen atoms in total. The fourth-order valence-corrected chi connectivity index (χ4v) is 1.94. The maximum atomic E-state index is 10.7. The summed E-state index contributed by atoms with van der Waals surface area (Å²) in [6, 6.07) is 0. The van der Waals surface area contributed by atoms with Gasteiger partial charge in [-0.15, -0.1) is 0 Å². The molecule has 0 bridgehead atoms. The average molecular weight is 197 g/mol. The largest absolute Gasteiger partial charge is 0.248 e. The Labute approximate surface area is 65.2 Å². The molecular weight excluding hydrogens is 190 g/mol. The summed E-state index contributed by atoms with van der Waals surface area (Å²) in [5.41, 5.74) is 0. The summed E-state index contributed by atoms with van der Waals surface area (Å²) in [7, 11) is -8.23. The van der Waals surface area contributed by atoms with Crippen LogP contribution in [0.15, 0.2) is 22.8 Å². The summed E-state index contributed by atoms with van der Waals surface area (Å²) in [5, 5.41) is 4.96. The lowest BCUT2D eigenvalue weighted by atomic mass is 11.2. The molecule has 7 heteroatoms. The summed E-state index contributed by atoms with van der Waals surface area (Å²) in [5.74, 6) is 0. The minimum Gasteiger partial charge on any atom is -0.224 e. The molecule has 0 amide bonds. The van der Waals surface area contributed by atoms with E-state index in [0.717, 1.165) is 0 Å². The highest BCUT2D eigenvalue weighted by atomic mass is 32.3. The summed E-state index contributed by atoms with van der Waals surface area (Å²) < 4.78 is 41.1. The van der Waals surface area contributed by atoms with Crippen LogP contribution in [0.4, 0.5) is 0 Å². The van der Waals surface area contributed by atoms with Crippen LogP contribution in [0.1, 0.15) is 0 Å². The predicted molar refractivity (Wildman–Crippen MR) is 41.4 cm³/mol. The van der Waals surface area contributed by atoms with E-state index < -0.39 is 24.1 Å². The molecule has 64 valence electrons. The monoisotopic (exact) mass is 197 g/mol. The lowest BCUT2D eigenvalue weighted by Gasteiger charge is -1.97. The van der Waals surface area contributed by atoms with Crippen molar-refractivity contribution in [2.45, 2.75) is 0 Å². The van der Waals surface area contributed by atoms with Crippen molar-refractivity contribution in [1.29, 1.82) is 0 Å². The van der Waals surface area contributed by atoms with Gasteiger partial charge in [-0.3, -0.25) is 0 Å². The summed E-state index contributed by atoms with van der Waals surface area (Å²) in [4.78, 5) is 0. The third kappa shape index (κ3) is 2.45. The van der Waals surface area contributed by atoms with Crippen LogP contribution in [0, 0.1) is 0 Å². The van der Waals surface area contributed by atoms with Crippen molar-refractivity contribution < 1.29 is 16.8 Å². The van der Waals surface area contributed by atoms with E-state index in [2.05, 4.69) is 18.3 Å². The van der Waals surface area contributed by atoms with Gasteiger partial charge in [0.05, 0.1) is 0 Å². The van der Waals surface area contributed by atoms with Gasteiger partial charge in [0.15, 0.2) is 4.24 Å². The van der Waals surface area contributed by atoms with E-state index in [4.69, 9.17) is 0 Å². The molecular formula is C4H7NO4S2. The van der Waals surface area contributed by atoms with Gasteiger partial charge in [-0.25, -0.2) is 22.0 Å². The van der Waals surface area contributed by atoms with Crippen LogP contribution >= 0.6 is 0 Å². The summed E-state index contributed by atoms with van der Waals surface area (Å²) in [6.07, 6.45) is 0. The molecule has 0 aliphatic carbocycles. The zero-order valence-corrected chi connectivity index (χ0v) is 7.15. The molecule has 0 saturated heterocycles. The van der Waals surface area contributed by atoms with Crippen molar-refractivity contribution in [2.24, 2.45) is 5.14 Å². The van der Waals surface area contributed by atoms with Crippen molar-refractivity contribution >= 4 is 19.9 Å². The van der Waals surface area contributed by atoms with Crippen LogP contribution in [-0.4, -0.2) is 16.8 Å². The summed E-state index contributed by atoms with van der Waals surface area (Å²) in [6.45, 7) is 5.69. The Bertz CT molecular complexity index is 374. The lowest BCUT2D eigenvalue weighted by Crippen LogP contribution is -2.18. The van der Waals surface area contributed by atoms with Gasteiger partial charge in [-0.05, 0) is 0 Å². The average Bonchev–Trinajstić information content (AvgIpc) is 1.84. The van der Waals surface area contributed by atoms with Gasteiger partial charge in [0.25, 0.3) is 0 Å².